The highest BCUT2D eigenvalue weighted by Gasteiger charge is 2.03. The lowest BCUT2D eigenvalue weighted by atomic mass is 10.2. The summed E-state index contributed by atoms with van der Waals surface area (Å²) in [6.45, 7) is 2.02. The number of hydrogen-bond acceptors (Lipinski definition) is 2. The molecule has 2 nitrogen and oxygen atoms in total. The van der Waals surface area contributed by atoms with Crippen molar-refractivity contribution >= 4 is 17.3 Å². The zero-order valence-electron chi connectivity index (χ0n) is 7.42. The SMILES string of the molecule is C#CC(CC)Nc1ccncc1Cl. The molecule has 0 fully saturated rings. The third kappa shape index (κ3) is 2.64. The Morgan fingerprint density at radius 2 is 2.54 bits per heavy atom. The summed E-state index contributed by atoms with van der Waals surface area (Å²) in [6, 6.07) is 1.84. The number of hydrogen-bond donors (Lipinski definition) is 1. The topological polar surface area (TPSA) is 24.9 Å². The lowest BCUT2D eigenvalue weighted by Gasteiger charge is -2.12. The summed E-state index contributed by atoms with van der Waals surface area (Å²) in [7, 11) is 0. The summed E-state index contributed by atoms with van der Waals surface area (Å²) < 4.78 is 0. The van der Waals surface area contributed by atoms with Crippen LogP contribution in [0.25, 0.3) is 0 Å². The van der Waals surface area contributed by atoms with Gasteiger partial charge in [-0.3, -0.25) is 4.98 Å². The van der Waals surface area contributed by atoms with Gasteiger partial charge in [0.25, 0.3) is 0 Å². The highest BCUT2D eigenvalue weighted by Crippen LogP contribution is 2.20. The van der Waals surface area contributed by atoms with Crippen molar-refractivity contribution in [1.82, 2.24) is 4.98 Å². The zero-order valence-corrected chi connectivity index (χ0v) is 8.17. The summed E-state index contributed by atoms with van der Waals surface area (Å²) in [5.41, 5.74) is 0.835. The molecule has 68 valence electrons. The molecule has 1 unspecified atom stereocenters. The van der Waals surface area contributed by atoms with Crippen LogP contribution in [0.2, 0.25) is 5.02 Å². The maximum absolute atomic E-state index is 5.89. The molecule has 1 aromatic heterocycles. The van der Waals surface area contributed by atoms with E-state index in [0.717, 1.165) is 12.1 Å². The summed E-state index contributed by atoms with van der Waals surface area (Å²) in [6.07, 6.45) is 9.45. The van der Waals surface area contributed by atoms with Gasteiger partial charge in [-0.2, -0.15) is 0 Å². The van der Waals surface area contributed by atoms with E-state index in [9.17, 15) is 0 Å². The average molecular weight is 195 g/mol. The number of nitrogens with zero attached hydrogens (tertiary/aromatic N) is 1. The number of aromatic nitrogens is 1. The zero-order chi connectivity index (χ0) is 9.68. The molecule has 1 heterocycles. The molecule has 0 aliphatic heterocycles. The van der Waals surface area contributed by atoms with Crippen molar-refractivity contribution in [2.24, 2.45) is 0 Å². The first kappa shape index (κ1) is 9.88. The van der Waals surface area contributed by atoms with Gasteiger partial charge in [-0.25, -0.2) is 0 Å². The van der Waals surface area contributed by atoms with Crippen LogP contribution in [0.4, 0.5) is 5.69 Å². The van der Waals surface area contributed by atoms with Crippen LogP contribution in [-0.2, 0) is 0 Å². The molecule has 1 atom stereocenters. The van der Waals surface area contributed by atoms with Crippen LogP contribution in [-0.4, -0.2) is 11.0 Å². The standard InChI is InChI=1S/C10H11ClN2/c1-3-8(4-2)13-10-5-6-12-7-9(10)11/h1,5-8H,4H2,2H3,(H,12,13). The lowest BCUT2D eigenvalue weighted by Crippen LogP contribution is -2.15. The third-order valence-corrected chi connectivity index (χ3v) is 2.01. The summed E-state index contributed by atoms with van der Waals surface area (Å²) in [5.74, 6) is 2.64. The molecule has 0 amide bonds. The molecule has 0 saturated heterocycles. The molecular formula is C10H11ClN2. The molecule has 3 heteroatoms. The van der Waals surface area contributed by atoms with E-state index < -0.39 is 0 Å². The van der Waals surface area contributed by atoms with Gasteiger partial charge in [0.2, 0.25) is 0 Å². The molecule has 13 heavy (non-hydrogen) atoms. The molecule has 0 aromatic carbocycles. The fraction of sp³-hybridized carbons (Fsp3) is 0.300. The van der Waals surface area contributed by atoms with E-state index >= 15 is 0 Å². The van der Waals surface area contributed by atoms with Crippen LogP contribution in [0.3, 0.4) is 0 Å². The van der Waals surface area contributed by atoms with Gasteiger partial charge in [0.1, 0.15) is 0 Å². The maximum atomic E-state index is 5.89. The second-order valence-electron chi connectivity index (χ2n) is 2.63. The number of halogens is 1. The molecule has 1 N–H and O–H groups in total. The smallest absolute Gasteiger partial charge is 0.0872 e. The van der Waals surface area contributed by atoms with Crippen LogP contribution in [0.1, 0.15) is 13.3 Å². The van der Waals surface area contributed by atoms with Crippen molar-refractivity contribution in [3.8, 4) is 12.3 Å². The Morgan fingerprint density at radius 1 is 1.77 bits per heavy atom. The highest BCUT2D eigenvalue weighted by atomic mass is 35.5. The van der Waals surface area contributed by atoms with Gasteiger partial charge in [0.05, 0.1) is 16.8 Å². The Labute approximate surface area is 83.3 Å². The van der Waals surface area contributed by atoms with Gasteiger partial charge in [-0.1, -0.05) is 24.4 Å². The number of terminal acetylenes is 1. The Bertz CT molecular complexity index is 317. The van der Waals surface area contributed by atoms with Gasteiger partial charge >= 0.3 is 0 Å². The van der Waals surface area contributed by atoms with Crippen molar-refractivity contribution in [3.05, 3.63) is 23.5 Å². The molecule has 1 aromatic rings. The van der Waals surface area contributed by atoms with Crippen molar-refractivity contribution < 1.29 is 0 Å². The average Bonchev–Trinajstić information content (AvgIpc) is 2.17. The van der Waals surface area contributed by atoms with Crippen molar-refractivity contribution in [3.63, 3.8) is 0 Å². The predicted molar refractivity (Wildman–Crippen MR) is 55.8 cm³/mol. The first-order chi connectivity index (χ1) is 6.27. The van der Waals surface area contributed by atoms with Gasteiger partial charge < -0.3 is 5.32 Å². The van der Waals surface area contributed by atoms with Crippen molar-refractivity contribution in [2.45, 2.75) is 19.4 Å². The second-order valence-corrected chi connectivity index (χ2v) is 3.03. The van der Waals surface area contributed by atoms with Crippen LogP contribution < -0.4 is 5.32 Å². The van der Waals surface area contributed by atoms with Gasteiger partial charge in [-0.15, -0.1) is 6.42 Å². The predicted octanol–water partition coefficient (Wildman–Crippen LogP) is 2.56. The molecular weight excluding hydrogens is 184 g/mol. The Hall–Kier alpha value is -1.20. The monoisotopic (exact) mass is 194 g/mol. The largest absolute Gasteiger partial charge is 0.370 e. The quantitative estimate of drug-likeness (QED) is 0.749. The molecule has 0 saturated carbocycles. The Morgan fingerprint density at radius 3 is 3.08 bits per heavy atom. The van der Waals surface area contributed by atoms with E-state index in [-0.39, 0.29) is 6.04 Å². The minimum atomic E-state index is 0.0277. The first-order valence-electron chi connectivity index (χ1n) is 4.10. The van der Waals surface area contributed by atoms with Gasteiger partial charge in [0, 0.05) is 12.4 Å². The summed E-state index contributed by atoms with van der Waals surface area (Å²) in [5, 5.41) is 3.73. The first-order valence-corrected chi connectivity index (χ1v) is 4.48. The normalized spacial score (nSPS) is 11.8. The fourth-order valence-electron chi connectivity index (χ4n) is 0.942. The highest BCUT2D eigenvalue weighted by molar-refractivity contribution is 6.33. The molecule has 0 aliphatic carbocycles. The second kappa shape index (κ2) is 4.74. The van der Waals surface area contributed by atoms with E-state index in [4.69, 9.17) is 18.0 Å². The van der Waals surface area contributed by atoms with E-state index in [1.54, 1.807) is 12.4 Å². The molecule has 0 bridgehead atoms. The summed E-state index contributed by atoms with van der Waals surface area (Å²) >= 11 is 5.89. The van der Waals surface area contributed by atoms with E-state index in [1.165, 1.54) is 0 Å². The molecule has 0 spiro atoms. The Kier molecular flexibility index (Phi) is 3.60. The molecule has 0 aliphatic rings. The number of nitrogens with one attached hydrogen (secondary N) is 1. The molecule has 0 radical (unpaired) electrons. The van der Waals surface area contributed by atoms with Gasteiger partial charge in [0.15, 0.2) is 0 Å². The minimum absolute atomic E-state index is 0.0277. The third-order valence-electron chi connectivity index (χ3n) is 1.71. The number of anilines is 1. The van der Waals surface area contributed by atoms with Crippen LogP contribution in [0, 0.1) is 12.3 Å². The lowest BCUT2D eigenvalue weighted by molar-refractivity contribution is 0.857. The summed E-state index contributed by atoms with van der Waals surface area (Å²) in [4.78, 5) is 3.88. The molecule has 1 rings (SSSR count). The van der Waals surface area contributed by atoms with E-state index in [2.05, 4.69) is 16.2 Å². The fourth-order valence-corrected chi connectivity index (χ4v) is 1.12. The van der Waals surface area contributed by atoms with E-state index in [0.29, 0.717) is 5.02 Å². The number of rotatable bonds is 3. The van der Waals surface area contributed by atoms with Crippen LogP contribution >= 0.6 is 11.6 Å². The van der Waals surface area contributed by atoms with E-state index in [1.807, 2.05) is 13.0 Å². The Balaban J connectivity index is 2.74. The van der Waals surface area contributed by atoms with Gasteiger partial charge in [-0.05, 0) is 12.5 Å². The van der Waals surface area contributed by atoms with Crippen LogP contribution in [0.15, 0.2) is 18.5 Å². The maximum Gasteiger partial charge on any atom is 0.0872 e. The van der Waals surface area contributed by atoms with Crippen LogP contribution in [0.5, 0.6) is 0 Å². The van der Waals surface area contributed by atoms with Crippen molar-refractivity contribution in [1.29, 1.82) is 0 Å². The number of pyridine rings is 1. The minimum Gasteiger partial charge on any atom is -0.370 e. The van der Waals surface area contributed by atoms with Crippen molar-refractivity contribution in [2.75, 3.05) is 5.32 Å².